The minimum atomic E-state index is -3.81. The molecule has 0 aliphatic carbocycles. The Hall–Kier alpha value is -3.36. The van der Waals surface area contributed by atoms with Crippen LogP contribution in [0.3, 0.4) is 0 Å². The largest absolute Gasteiger partial charge is 0.452 e. The first-order valence-corrected chi connectivity index (χ1v) is 11.5. The lowest BCUT2D eigenvalue weighted by Gasteiger charge is -2.10. The van der Waals surface area contributed by atoms with Gasteiger partial charge in [-0.05, 0) is 55.0 Å². The van der Waals surface area contributed by atoms with Gasteiger partial charge in [0.05, 0.1) is 10.5 Å². The maximum absolute atomic E-state index is 12.5. The first-order chi connectivity index (χ1) is 15.2. The van der Waals surface area contributed by atoms with Gasteiger partial charge >= 0.3 is 5.97 Å². The van der Waals surface area contributed by atoms with Crippen molar-refractivity contribution in [2.45, 2.75) is 18.4 Å². The number of esters is 1. The van der Waals surface area contributed by atoms with Crippen LogP contribution in [0.15, 0.2) is 77.7 Å². The molecule has 0 saturated carbocycles. The lowest BCUT2D eigenvalue weighted by molar-refractivity contribution is -0.124. The Bertz CT molecular complexity index is 1210. The standard InChI is InChI=1S/C23H21ClN2O5S/c1-16-6-10-19(11-7-16)26-32(29,30)20-12-8-17(9-13-20)23(28)31-15-22(27)25-14-18-4-2-3-5-21(18)24/h2-13,26H,14-15H2,1H3,(H,25,27). The molecule has 0 fully saturated rings. The van der Waals surface area contributed by atoms with Crippen LogP contribution in [0.2, 0.25) is 5.02 Å². The number of hydrogen-bond donors (Lipinski definition) is 2. The van der Waals surface area contributed by atoms with Crippen molar-refractivity contribution in [1.82, 2.24) is 5.32 Å². The van der Waals surface area contributed by atoms with Gasteiger partial charge in [-0.3, -0.25) is 9.52 Å². The predicted octanol–water partition coefficient (Wildman–Crippen LogP) is 3.92. The van der Waals surface area contributed by atoms with Crippen LogP contribution in [-0.4, -0.2) is 26.9 Å². The smallest absolute Gasteiger partial charge is 0.338 e. The van der Waals surface area contributed by atoms with Crippen LogP contribution >= 0.6 is 11.6 Å². The monoisotopic (exact) mass is 472 g/mol. The van der Waals surface area contributed by atoms with E-state index in [9.17, 15) is 18.0 Å². The highest BCUT2D eigenvalue weighted by atomic mass is 35.5. The van der Waals surface area contributed by atoms with Gasteiger partial charge in [0.1, 0.15) is 0 Å². The van der Waals surface area contributed by atoms with Crippen molar-refractivity contribution in [3.05, 3.63) is 94.5 Å². The summed E-state index contributed by atoms with van der Waals surface area (Å²) in [5, 5.41) is 3.14. The highest BCUT2D eigenvalue weighted by molar-refractivity contribution is 7.92. The molecule has 0 aliphatic heterocycles. The fourth-order valence-electron chi connectivity index (χ4n) is 2.71. The second-order valence-corrected chi connectivity index (χ2v) is 9.03. The fourth-order valence-corrected chi connectivity index (χ4v) is 3.97. The van der Waals surface area contributed by atoms with Gasteiger partial charge in [-0.2, -0.15) is 0 Å². The van der Waals surface area contributed by atoms with Crippen LogP contribution < -0.4 is 10.0 Å². The zero-order chi connectivity index (χ0) is 23.1. The van der Waals surface area contributed by atoms with Gasteiger partial charge in [0.2, 0.25) is 0 Å². The number of benzene rings is 3. The maximum Gasteiger partial charge on any atom is 0.338 e. The second-order valence-electron chi connectivity index (χ2n) is 6.94. The first-order valence-electron chi connectivity index (χ1n) is 9.61. The third-order valence-electron chi connectivity index (χ3n) is 4.47. The minimum Gasteiger partial charge on any atom is -0.452 e. The molecule has 3 rings (SSSR count). The highest BCUT2D eigenvalue weighted by Gasteiger charge is 2.16. The summed E-state index contributed by atoms with van der Waals surface area (Å²) < 4.78 is 32.5. The summed E-state index contributed by atoms with van der Waals surface area (Å²) in [7, 11) is -3.81. The van der Waals surface area contributed by atoms with Crippen molar-refractivity contribution in [3.8, 4) is 0 Å². The van der Waals surface area contributed by atoms with Crippen molar-refractivity contribution in [2.75, 3.05) is 11.3 Å². The molecule has 1 amide bonds. The van der Waals surface area contributed by atoms with Crippen LogP contribution in [0.4, 0.5) is 5.69 Å². The van der Waals surface area contributed by atoms with Crippen LogP contribution in [0.25, 0.3) is 0 Å². The SMILES string of the molecule is Cc1ccc(NS(=O)(=O)c2ccc(C(=O)OCC(=O)NCc3ccccc3Cl)cc2)cc1. The number of carbonyl (C=O) groups excluding carboxylic acids is 2. The third-order valence-corrected chi connectivity index (χ3v) is 6.24. The zero-order valence-electron chi connectivity index (χ0n) is 17.2. The van der Waals surface area contributed by atoms with Crippen LogP contribution in [0.5, 0.6) is 0 Å². The van der Waals surface area contributed by atoms with Gasteiger partial charge in [0.25, 0.3) is 15.9 Å². The van der Waals surface area contributed by atoms with Gasteiger partial charge in [0, 0.05) is 17.3 Å². The molecular weight excluding hydrogens is 452 g/mol. The van der Waals surface area contributed by atoms with Crippen LogP contribution in [-0.2, 0) is 26.1 Å². The van der Waals surface area contributed by atoms with Gasteiger partial charge in [0.15, 0.2) is 6.61 Å². The molecule has 2 N–H and O–H groups in total. The number of hydrogen-bond acceptors (Lipinski definition) is 5. The van der Waals surface area contributed by atoms with Gasteiger partial charge in [-0.15, -0.1) is 0 Å². The number of carbonyl (C=O) groups is 2. The summed E-state index contributed by atoms with van der Waals surface area (Å²) in [4.78, 5) is 24.1. The summed E-state index contributed by atoms with van der Waals surface area (Å²) in [6, 6.07) is 19.2. The number of aryl methyl sites for hydroxylation is 1. The third kappa shape index (κ3) is 6.32. The number of ether oxygens (including phenoxy) is 1. The molecule has 166 valence electrons. The summed E-state index contributed by atoms with van der Waals surface area (Å²) in [6.07, 6.45) is 0. The average Bonchev–Trinajstić information content (AvgIpc) is 2.78. The molecule has 3 aromatic rings. The van der Waals surface area contributed by atoms with E-state index >= 15 is 0 Å². The molecule has 0 aromatic heterocycles. The first kappa shape index (κ1) is 23.3. The van der Waals surface area contributed by atoms with Gasteiger partial charge in [-0.25, -0.2) is 13.2 Å². The van der Waals surface area contributed by atoms with E-state index in [1.54, 1.807) is 48.5 Å². The fraction of sp³-hybridized carbons (Fsp3) is 0.130. The molecule has 7 nitrogen and oxygen atoms in total. The summed E-state index contributed by atoms with van der Waals surface area (Å²) in [5.41, 5.74) is 2.30. The lowest BCUT2D eigenvalue weighted by Crippen LogP contribution is -2.28. The number of amides is 1. The van der Waals surface area contributed by atoms with Crippen LogP contribution in [0, 0.1) is 6.92 Å². The highest BCUT2D eigenvalue weighted by Crippen LogP contribution is 2.18. The lowest BCUT2D eigenvalue weighted by atomic mass is 10.2. The van der Waals surface area contributed by atoms with E-state index in [1.807, 2.05) is 6.92 Å². The van der Waals surface area contributed by atoms with E-state index in [0.29, 0.717) is 10.7 Å². The molecule has 0 spiro atoms. The molecule has 0 atom stereocenters. The molecule has 0 saturated heterocycles. The molecule has 0 bridgehead atoms. The Morgan fingerprint density at radius 2 is 1.59 bits per heavy atom. The van der Waals surface area contributed by atoms with Gasteiger partial charge < -0.3 is 10.1 Å². The Balaban J connectivity index is 1.53. The van der Waals surface area contributed by atoms with Crippen LogP contribution in [0.1, 0.15) is 21.5 Å². The molecular formula is C23H21ClN2O5S. The molecule has 0 heterocycles. The van der Waals surface area contributed by atoms with E-state index in [1.165, 1.54) is 24.3 Å². The van der Waals surface area contributed by atoms with E-state index in [4.69, 9.17) is 16.3 Å². The molecule has 3 aromatic carbocycles. The molecule has 0 radical (unpaired) electrons. The van der Waals surface area contributed by atoms with Crippen molar-refractivity contribution in [1.29, 1.82) is 0 Å². The van der Waals surface area contributed by atoms with Crippen molar-refractivity contribution >= 4 is 39.2 Å². The maximum atomic E-state index is 12.5. The number of rotatable bonds is 8. The minimum absolute atomic E-state index is 0.00731. The van der Waals surface area contributed by atoms with E-state index in [2.05, 4.69) is 10.0 Å². The Labute approximate surface area is 191 Å². The van der Waals surface area contributed by atoms with Crippen molar-refractivity contribution in [3.63, 3.8) is 0 Å². The summed E-state index contributed by atoms with van der Waals surface area (Å²) in [5.74, 6) is -1.23. The predicted molar refractivity (Wildman–Crippen MR) is 122 cm³/mol. The van der Waals surface area contributed by atoms with Crippen molar-refractivity contribution < 1.29 is 22.7 Å². The average molecular weight is 473 g/mol. The molecule has 0 aliphatic rings. The normalized spacial score (nSPS) is 10.9. The quantitative estimate of drug-likeness (QED) is 0.484. The van der Waals surface area contributed by atoms with E-state index < -0.39 is 28.5 Å². The Kier molecular flexibility index (Phi) is 7.50. The van der Waals surface area contributed by atoms with Crippen molar-refractivity contribution in [2.24, 2.45) is 0 Å². The number of halogens is 1. The number of nitrogens with one attached hydrogen (secondary N) is 2. The summed E-state index contributed by atoms with van der Waals surface area (Å²) in [6.45, 7) is 1.63. The molecule has 9 heteroatoms. The van der Waals surface area contributed by atoms with E-state index in [-0.39, 0.29) is 17.0 Å². The second kappa shape index (κ2) is 10.3. The van der Waals surface area contributed by atoms with E-state index in [0.717, 1.165) is 11.1 Å². The summed E-state index contributed by atoms with van der Waals surface area (Å²) >= 11 is 6.03. The molecule has 0 unspecified atom stereocenters. The Morgan fingerprint density at radius 3 is 2.25 bits per heavy atom. The zero-order valence-corrected chi connectivity index (χ0v) is 18.7. The van der Waals surface area contributed by atoms with Gasteiger partial charge in [-0.1, -0.05) is 47.5 Å². The Morgan fingerprint density at radius 1 is 0.938 bits per heavy atom. The number of anilines is 1. The molecule has 32 heavy (non-hydrogen) atoms. The number of sulfonamides is 1. The topological polar surface area (TPSA) is 102 Å².